The highest BCUT2D eigenvalue weighted by atomic mass is 16.4. The van der Waals surface area contributed by atoms with E-state index in [9.17, 15) is 9.59 Å². The van der Waals surface area contributed by atoms with Gasteiger partial charge in [-0.25, -0.2) is 0 Å². The van der Waals surface area contributed by atoms with Gasteiger partial charge in [-0.1, -0.05) is 0 Å². The topological polar surface area (TPSA) is 78.7 Å². The van der Waals surface area contributed by atoms with Gasteiger partial charge in [-0.05, 0) is 19.9 Å². The van der Waals surface area contributed by atoms with E-state index in [2.05, 4.69) is 5.10 Å². The quantitative estimate of drug-likeness (QED) is 0.821. The highest BCUT2D eigenvalue weighted by molar-refractivity contribution is 5.76. The lowest BCUT2D eigenvalue weighted by Gasteiger charge is -2.33. The summed E-state index contributed by atoms with van der Waals surface area (Å²) < 4.78 is 1.71. The van der Waals surface area contributed by atoms with Gasteiger partial charge in [0.1, 0.15) is 6.54 Å². The van der Waals surface area contributed by atoms with Crippen LogP contribution in [0.25, 0.3) is 0 Å². The first-order chi connectivity index (χ1) is 9.45. The number of amides is 1. The molecule has 0 atom stereocenters. The van der Waals surface area contributed by atoms with Gasteiger partial charge in [0.2, 0.25) is 5.91 Å². The molecular weight excluding hydrogens is 260 g/mol. The molecule has 0 spiro atoms. The van der Waals surface area contributed by atoms with Gasteiger partial charge in [-0.2, -0.15) is 5.10 Å². The molecule has 0 aromatic carbocycles. The fraction of sp³-hybridized carbons (Fsp3) is 0.615. The van der Waals surface area contributed by atoms with Crippen LogP contribution in [0.5, 0.6) is 0 Å². The maximum absolute atomic E-state index is 12.2. The number of hydrogen-bond donors (Lipinski definition) is 1. The number of aromatic nitrogens is 2. The fourth-order valence-electron chi connectivity index (χ4n) is 2.41. The van der Waals surface area contributed by atoms with Crippen molar-refractivity contribution >= 4 is 11.9 Å². The van der Waals surface area contributed by atoms with E-state index in [4.69, 9.17) is 5.11 Å². The molecule has 1 aromatic heterocycles. The van der Waals surface area contributed by atoms with Crippen LogP contribution in [0.4, 0.5) is 0 Å². The fourth-order valence-corrected chi connectivity index (χ4v) is 2.41. The van der Waals surface area contributed by atoms with Crippen LogP contribution in [-0.2, 0) is 16.1 Å². The van der Waals surface area contributed by atoms with Gasteiger partial charge in [-0.15, -0.1) is 0 Å². The molecule has 20 heavy (non-hydrogen) atoms. The van der Waals surface area contributed by atoms with E-state index in [1.54, 1.807) is 9.58 Å². The number of hydrogen-bond acceptors (Lipinski definition) is 4. The Kier molecular flexibility index (Phi) is 4.39. The molecule has 110 valence electrons. The first-order valence-corrected chi connectivity index (χ1v) is 6.68. The van der Waals surface area contributed by atoms with E-state index < -0.39 is 5.97 Å². The molecule has 0 unspecified atom stereocenters. The first-order valence-electron chi connectivity index (χ1n) is 6.68. The Balaban J connectivity index is 1.86. The van der Waals surface area contributed by atoms with Crippen LogP contribution < -0.4 is 0 Å². The Bertz CT molecular complexity index is 504. The van der Waals surface area contributed by atoms with Gasteiger partial charge < -0.3 is 10.0 Å². The van der Waals surface area contributed by atoms with Crippen molar-refractivity contribution in [2.24, 2.45) is 0 Å². The van der Waals surface area contributed by atoms with Crippen LogP contribution >= 0.6 is 0 Å². The van der Waals surface area contributed by atoms with Crippen LogP contribution in [-0.4, -0.2) is 69.3 Å². The molecule has 2 heterocycles. The average Bonchev–Trinajstić information content (AvgIpc) is 2.68. The number of carboxylic acids is 1. The monoisotopic (exact) mass is 280 g/mol. The summed E-state index contributed by atoms with van der Waals surface area (Å²) in [5, 5.41) is 13.0. The van der Waals surface area contributed by atoms with Crippen molar-refractivity contribution < 1.29 is 14.7 Å². The van der Waals surface area contributed by atoms with Crippen LogP contribution in [0.3, 0.4) is 0 Å². The maximum Gasteiger partial charge on any atom is 0.317 e. The number of aryl methyl sites for hydroxylation is 2. The molecule has 0 saturated carbocycles. The summed E-state index contributed by atoms with van der Waals surface area (Å²) in [6.07, 6.45) is 0. The van der Waals surface area contributed by atoms with Gasteiger partial charge >= 0.3 is 5.97 Å². The van der Waals surface area contributed by atoms with E-state index in [1.165, 1.54) is 0 Å². The Labute approximate surface area is 117 Å². The third-order valence-corrected chi connectivity index (χ3v) is 3.47. The van der Waals surface area contributed by atoms with Crippen LogP contribution in [0.2, 0.25) is 0 Å². The summed E-state index contributed by atoms with van der Waals surface area (Å²) in [6.45, 7) is 6.48. The molecule has 1 fully saturated rings. The lowest BCUT2D eigenvalue weighted by molar-refractivity contribution is -0.139. The SMILES string of the molecule is Cc1cc(C)n(CC(=O)N2CCN(CC(=O)O)CC2)n1. The lowest BCUT2D eigenvalue weighted by Crippen LogP contribution is -2.50. The van der Waals surface area contributed by atoms with Gasteiger partial charge in [0.15, 0.2) is 0 Å². The summed E-state index contributed by atoms with van der Waals surface area (Å²) in [5.41, 5.74) is 1.88. The normalized spacial score (nSPS) is 16.4. The summed E-state index contributed by atoms with van der Waals surface area (Å²) in [6, 6.07) is 1.94. The van der Waals surface area contributed by atoms with E-state index in [0.29, 0.717) is 26.2 Å². The zero-order valence-corrected chi connectivity index (χ0v) is 11.9. The minimum Gasteiger partial charge on any atom is -0.480 e. The smallest absolute Gasteiger partial charge is 0.317 e. The second kappa shape index (κ2) is 6.04. The summed E-state index contributed by atoms with van der Waals surface area (Å²) >= 11 is 0. The Morgan fingerprint density at radius 3 is 2.35 bits per heavy atom. The van der Waals surface area contributed by atoms with Crippen LogP contribution in [0, 0.1) is 13.8 Å². The van der Waals surface area contributed by atoms with Crippen molar-refractivity contribution in [1.29, 1.82) is 0 Å². The van der Waals surface area contributed by atoms with Gasteiger partial charge in [0.25, 0.3) is 0 Å². The largest absolute Gasteiger partial charge is 0.480 e. The number of carboxylic acid groups (broad SMARTS) is 1. The third kappa shape index (κ3) is 3.57. The highest BCUT2D eigenvalue weighted by Gasteiger charge is 2.22. The Hall–Kier alpha value is -1.89. The molecule has 7 heteroatoms. The number of carbonyl (C=O) groups excluding carboxylic acids is 1. The van der Waals surface area contributed by atoms with Gasteiger partial charge in [0, 0.05) is 31.9 Å². The summed E-state index contributed by atoms with van der Waals surface area (Å²) in [4.78, 5) is 26.4. The number of carbonyl (C=O) groups is 2. The van der Waals surface area contributed by atoms with Gasteiger partial charge in [-0.3, -0.25) is 19.2 Å². The summed E-state index contributed by atoms with van der Waals surface area (Å²) in [5.74, 6) is -0.793. The molecule has 7 nitrogen and oxygen atoms in total. The first kappa shape index (κ1) is 14.5. The maximum atomic E-state index is 12.2. The molecule has 0 radical (unpaired) electrons. The molecule has 1 aromatic rings. The second-order valence-electron chi connectivity index (χ2n) is 5.14. The standard InChI is InChI=1S/C13H20N4O3/c1-10-7-11(2)17(14-10)8-12(18)16-5-3-15(4-6-16)9-13(19)20/h7H,3-6,8-9H2,1-2H3,(H,19,20). The van der Waals surface area contributed by atoms with Crippen molar-refractivity contribution in [2.75, 3.05) is 32.7 Å². The molecule has 0 aliphatic carbocycles. The van der Waals surface area contributed by atoms with E-state index >= 15 is 0 Å². The highest BCUT2D eigenvalue weighted by Crippen LogP contribution is 2.06. The number of aliphatic carboxylic acids is 1. The zero-order chi connectivity index (χ0) is 14.7. The number of nitrogens with zero attached hydrogens (tertiary/aromatic N) is 4. The third-order valence-electron chi connectivity index (χ3n) is 3.47. The van der Waals surface area contributed by atoms with E-state index in [1.807, 2.05) is 24.8 Å². The Morgan fingerprint density at radius 1 is 1.20 bits per heavy atom. The molecule has 1 aliphatic heterocycles. The predicted molar refractivity (Wildman–Crippen MR) is 72.4 cm³/mol. The van der Waals surface area contributed by atoms with Gasteiger partial charge in [0.05, 0.1) is 12.2 Å². The van der Waals surface area contributed by atoms with Crippen molar-refractivity contribution in [3.05, 3.63) is 17.5 Å². The molecule has 2 rings (SSSR count). The molecular formula is C13H20N4O3. The van der Waals surface area contributed by atoms with Crippen molar-refractivity contribution in [3.63, 3.8) is 0 Å². The molecule has 1 saturated heterocycles. The minimum absolute atomic E-state index is 0.0335. The molecule has 1 aliphatic rings. The average molecular weight is 280 g/mol. The van der Waals surface area contributed by atoms with E-state index in [-0.39, 0.29) is 19.0 Å². The van der Waals surface area contributed by atoms with Crippen molar-refractivity contribution in [3.8, 4) is 0 Å². The van der Waals surface area contributed by atoms with Crippen LogP contribution in [0.1, 0.15) is 11.4 Å². The Morgan fingerprint density at radius 2 is 1.85 bits per heavy atom. The lowest BCUT2D eigenvalue weighted by atomic mass is 10.3. The molecule has 1 amide bonds. The van der Waals surface area contributed by atoms with Crippen molar-refractivity contribution in [1.82, 2.24) is 19.6 Å². The summed E-state index contributed by atoms with van der Waals surface area (Å²) in [7, 11) is 0. The second-order valence-corrected chi connectivity index (χ2v) is 5.14. The number of piperazine rings is 1. The molecule has 0 bridgehead atoms. The predicted octanol–water partition coefficient (Wildman–Crippen LogP) is -0.271. The minimum atomic E-state index is -0.826. The number of rotatable bonds is 4. The van der Waals surface area contributed by atoms with Crippen molar-refractivity contribution in [2.45, 2.75) is 20.4 Å². The molecule has 1 N–H and O–H groups in total. The van der Waals surface area contributed by atoms with E-state index in [0.717, 1.165) is 11.4 Å². The zero-order valence-electron chi connectivity index (χ0n) is 11.9. The van der Waals surface area contributed by atoms with Crippen LogP contribution in [0.15, 0.2) is 6.07 Å².